The lowest BCUT2D eigenvalue weighted by Gasteiger charge is -2.33. The second kappa shape index (κ2) is 6.37. The predicted molar refractivity (Wildman–Crippen MR) is 77.1 cm³/mol. The molecule has 108 valence electrons. The summed E-state index contributed by atoms with van der Waals surface area (Å²) in [5.41, 5.74) is 0. The van der Waals surface area contributed by atoms with Crippen LogP contribution in [0.15, 0.2) is 12.1 Å². The van der Waals surface area contributed by atoms with Gasteiger partial charge in [0, 0.05) is 19.6 Å². The Morgan fingerprint density at radius 1 is 1.25 bits per heavy atom. The lowest BCUT2D eigenvalue weighted by atomic mass is 10.2. The Hall–Kier alpha value is -1.40. The summed E-state index contributed by atoms with van der Waals surface area (Å²) < 4.78 is 0.531. The first-order valence-corrected chi connectivity index (χ1v) is 7.59. The summed E-state index contributed by atoms with van der Waals surface area (Å²) in [6.07, 6.45) is 0.811. The van der Waals surface area contributed by atoms with Gasteiger partial charge in [0.1, 0.15) is 0 Å². The fraction of sp³-hybridized carbons (Fsp3) is 0.462. The van der Waals surface area contributed by atoms with E-state index < -0.39 is 11.8 Å². The van der Waals surface area contributed by atoms with Gasteiger partial charge in [0.25, 0.3) is 0 Å². The average molecular weight is 315 g/mol. The summed E-state index contributed by atoms with van der Waals surface area (Å²) >= 11 is 6.96. The van der Waals surface area contributed by atoms with E-state index >= 15 is 0 Å². The number of hydrogen-bond acceptors (Lipinski definition) is 4. The number of ketones is 1. The van der Waals surface area contributed by atoms with Crippen molar-refractivity contribution in [3.8, 4) is 0 Å². The van der Waals surface area contributed by atoms with E-state index in [1.165, 1.54) is 21.1 Å². The van der Waals surface area contributed by atoms with Crippen molar-refractivity contribution in [1.82, 2.24) is 9.80 Å². The minimum absolute atomic E-state index is 0.0681. The van der Waals surface area contributed by atoms with E-state index in [0.717, 1.165) is 6.42 Å². The van der Waals surface area contributed by atoms with Crippen molar-refractivity contribution >= 4 is 40.5 Å². The molecule has 2 rings (SSSR count). The van der Waals surface area contributed by atoms with E-state index in [2.05, 4.69) is 0 Å². The smallest absolute Gasteiger partial charge is 0.312 e. The van der Waals surface area contributed by atoms with Crippen LogP contribution >= 0.6 is 22.9 Å². The molecule has 0 atom stereocenters. The molecule has 1 aliphatic heterocycles. The molecule has 0 saturated carbocycles. The number of piperazine rings is 1. The first-order valence-electron chi connectivity index (χ1n) is 6.39. The summed E-state index contributed by atoms with van der Waals surface area (Å²) in [5.74, 6) is -1.30. The third-order valence-corrected chi connectivity index (χ3v) is 4.35. The van der Waals surface area contributed by atoms with Gasteiger partial charge in [-0.3, -0.25) is 14.4 Å². The molecule has 2 amide bonds. The molecule has 0 N–H and O–H groups in total. The number of carbonyl (C=O) groups is 3. The Balaban J connectivity index is 1.99. The fourth-order valence-corrected chi connectivity index (χ4v) is 3.04. The normalized spacial score (nSPS) is 15.9. The van der Waals surface area contributed by atoms with Crippen molar-refractivity contribution in [2.24, 2.45) is 0 Å². The van der Waals surface area contributed by atoms with Gasteiger partial charge in [-0.05, 0) is 18.6 Å². The second-order valence-corrected chi connectivity index (χ2v) is 6.26. The summed E-state index contributed by atoms with van der Waals surface area (Å²) in [7, 11) is 0. The van der Waals surface area contributed by atoms with Gasteiger partial charge in [-0.2, -0.15) is 0 Å². The highest BCUT2D eigenvalue weighted by molar-refractivity contribution is 7.18. The molecule has 5 nitrogen and oxygen atoms in total. The van der Waals surface area contributed by atoms with Crippen LogP contribution in [-0.4, -0.2) is 53.6 Å². The molecular formula is C13H15ClN2O3S. The van der Waals surface area contributed by atoms with Gasteiger partial charge in [0.05, 0.1) is 15.8 Å². The van der Waals surface area contributed by atoms with E-state index in [0.29, 0.717) is 28.8 Å². The summed E-state index contributed by atoms with van der Waals surface area (Å²) in [5, 5.41) is 0. The topological polar surface area (TPSA) is 57.7 Å². The third kappa shape index (κ3) is 3.19. The van der Waals surface area contributed by atoms with Gasteiger partial charge < -0.3 is 9.80 Å². The Bertz CT molecular complexity index is 543. The maximum Gasteiger partial charge on any atom is 0.312 e. The highest BCUT2D eigenvalue weighted by Crippen LogP contribution is 2.22. The average Bonchev–Trinajstić information content (AvgIpc) is 2.85. The van der Waals surface area contributed by atoms with Crippen LogP contribution < -0.4 is 0 Å². The molecule has 0 aromatic carbocycles. The zero-order chi connectivity index (χ0) is 14.7. The molecule has 0 bridgehead atoms. The highest BCUT2D eigenvalue weighted by atomic mass is 35.5. The number of nitrogens with zero attached hydrogens (tertiary/aromatic N) is 2. The van der Waals surface area contributed by atoms with Crippen LogP contribution in [0.4, 0.5) is 0 Å². The minimum Gasteiger partial charge on any atom is -0.333 e. The number of rotatable bonds is 5. The number of Topliss-reactive ketones (excluding diaryl/α,β-unsaturated/α-hetero) is 1. The molecule has 0 spiro atoms. The molecule has 1 saturated heterocycles. The third-order valence-electron chi connectivity index (χ3n) is 3.07. The molecule has 0 unspecified atom stereocenters. The highest BCUT2D eigenvalue weighted by Gasteiger charge is 2.33. The SMILES string of the molecule is CCCN1CCN(CC(=O)c2ccc(Cl)s2)C(=O)C1=O. The molecule has 1 aromatic rings. The first kappa shape index (κ1) is 15.0. The monoisotopic (exact) mass is 314 g/mol. The largest absolute Gasteiger partial charge is 0.333 e. The molecular weight excluding hydrogens is 300 g/mol. The van der Waals surface area contributed by atoms with Crippen LogP contribution in [0.5, 0.6) is 0 Å². The lowest BCUT2D eigenvalue weighted by molar-refractivity contribution is -0.155. The summed E-state index contributed by atoms with van der Waals surface area (Å²) in [4.78, 5) is 39.2. The standard InChI is InChI=1S/C13H15ClN2O3S/c1-2-5-15-6-7-16(13(19)12(15)18)8-9(17)10-3-4-11(14)20-10/h3-4H,2,5-8H2,1H3. The van der Waals surface area contributed by atoms with Crippen molar-refractivity contribution < 1.29 is 14.4 Å². The predicted octanol–water partition coefficient (Wildman–Crippen LogP) is 1.67. The van der Waals surface area contributed by atoms with E-state index in [1.54, 1.807) is 12.1 Å². The van der Waals surface area contributed by atoms with E-state index in [1.807, 2.05) is 6.92 Å². The van der Waals surface area contributed by atoms with Crippen LogP contribution in [0.2, 0.25) is 4.34 Å². The fourth-order valence-electron chi connectivity index (χ4n) is 2.06. The zero-order valence-electron chi connectivity index (χ0n) is 11.1. The van der Waals surface area contributed by atoms with Gasteiger partial charge >= 0.3 is 11.8 Å². The quantitative estimate of drug-likeness (QED) is 0.613. The molecule has 1 aromatic heterocycles. The first-order chi connectivity index (χ1) is 9.52. The molecule has 1 aliphatic rings. The van der Waals surface area contributed by atoms with E-state index in [-0.39, 0.29) is 12.3 Å². The van der Waals surface area contributed by atoms with Gasteiger partial charge in [-0.15, -0.1) is 11.3 Å². The van der Waals surface area contributed by atoms with Crippen molar-refractivity contribution in [1.29, 1.82) is 0 Å². The van der Waals surface area contributed by atoms with Gasteiger partial charge in [0.2, 0.25) is 0 Å². The number of halogens is 1. The van der Waals surface area contributed by atoms with Crippen molar-refractivity contribution in [2.75, 3.05) is 26.2 Å². The van der Waals surface area contributed by atoms with Crippen molar-refractivity contribution in [2.45, 2.75) is 13.3 Å². The lowest BCUT2D eigenvalue weighted by Crippen LogP contribution is -2.55. The van der Waals surface area contributed by atoms with E-state index in [9.17, 15) is 14.4 Å². The summed E-state index contributed by atoms with van der Waals surface area (Å²) in [6.45, 7) is 3.34. The zero-order valence-corrected chi connectivity index (χ0v) is 12.7. The molecule has 1 fully saturated rings. The van der Waals surface area contributed by atoms with Crippen LogP contribution in [0.25, 0.3) is 0 Å². The van der Waals surface area contributed by atoms with Gasteiger partial charge in [-0.1, -0.05) is 18.5 Å². The molecule has 20 heavy (non-hydrogen) atoms. The number of hydrogen-bond donors (Lipinski definition) is 0. The Morgan fingerprint density at radius 3 is 2.50 bits per heavy atom. The molecule has 0 aliphatic carbocycles. The number of amides is 2. The molecule has 7 heteroatoms. The van der Waals surface area contributed by atoms with Crippen LogP contribution in [0.3, 0.4) is 0 Å². The van der Waals surface area contributed by atoms with Crippen LogP contribution in [-0.2, 0) is 9.59 Å². The minimum atomic E-state index is -0.597. The van der Waals surface area contributed by atoms with E-state index in [4.69, 9.17) is 11.6 Å². The number of thiophene rings is 1. The van der Waals surface area contributed by atoms with Crippen LogP contribution in [0, 0.1) is 0 Å². The van der Waals surface area contributed by atoms with Gasteiger partial charge in [-0.25, -0.2) is 0 Å². The van der Waals surface area contributed by atoms with Crippen molar-refractivity contribution in [3.05, 3.63) is 21.3 Å². The Morgan fingerprint density at radius 2 is 1.90 bits per heavy atom. The Labute approximate surface area is 126 Å². The van der Waals surface area contributed by atoms with Gasteiger partial charge in [0.15, 0.2) is 5.78 Å². The Kier molecular flexibility index (Phi) is 4.77. The van der Waals surface area contributed by atoms with Crippen LogP contribution in [0.1, 0.15) is 23.0 Å². The molecule has 0 radical (unpaired) electrons. The van der Waals surface area contributed by atoms with Crippen molar-refractivity contribution in [3.63, 3.8) is 0 Å². The summed E-state index contributed by atoms with van der Waals surface area (Å²) in [6, 6.07) is 3.28. The maximum atomic E-state index is 12.0. The maximum absolute atomic E-state index is 12.0. The molecule has 2 heterocycles. The number of carbonyl (C=O) groups excluding carboxylic acids is 3. The second-order valence-electron chi connectivity index (χ2n) is 4.55.